The Hall–Kier alpha value is -4.46. The van der Waals surface area contributed by atoms with Crippen LogP contribution >= 0.6 is 0 Å². The lowest BCUT2D eigenvalue weighted by atomic mass is 10.1. The minimum absolute atomic E-state index is 0.0944. The first kappa shape index (κ1) is 18.6. The average molecular weight is 412 g/mol. The Kier molecular flexibility index (Phi) is 4.44. The number of ether oxygens (including phenoxy) is 1. The van der Waals surface area contributed by atoms with Gasteiger partial charge in [-0.15, -0.1) is 0 Å². The third-order valence-electron chi connectivity index (χ3n) is 4.86. The van der Waals surface area contributed by atoms with E-state index in [1.54, 1.807) is 47.0 Å². The molecule has 0 aliphatic rings. The highest BCUT2D eigenvalue weighted by Crippen LogP contribution is 2.30. The lowest BCUT2D eigenvalue weighted by molar-refractivity contribution is 0.102. The number of para-hydroxylation sites is 1. The molecule has 0 aliphatic heterocycles. The fourth-order valence-electron chi connectivity index (χ4n) is 3.34. The normalized spacial score (nSPS) is 11.0. The molecule has 8 heteroatoms. The first-order chi connectivity index (χ1) is 15.1. The van der Waals surface area contributed by atoms with Crippen LogP contribution in [0.4, 0.5) is 5.69 Å². The summed E-state index contributed by atoms with van der Waals surface area (Å²) >= 11 is 0. The summed E-state index contributed by atoms with van der Waals surface area (Å²) in [6.45, 7) is 0. The molecule has 5 aromatic rings. The zero-order valence-electron chi connectivity index (χ0n) is 16.4. The van der Waals surface area contributed by atoms with Crippen molar-refractivity contribution in [2.24, 2.45) is 0 Å². The number of amides is 1. The molecule has 0 bridgehead atoms. The fourth-order valence-corrected chi connectivity index (χ4v) is 3.34. The van der Waals surface area contributed by atoms with Gasteiger partial charge < -0.3 is 14.5 Å². The van der Waals surface area contributed by atoms with Gasteiger partial charge in [-0.25, -0.2) is 14.8 Å². The number of methoxy groups -OCH3 is 1. The predicted molar refractivity (Wildman–Crippen MR) is 115 cm³/mol. The summed E-state index contributed by atoms with van der Waals surface area (Å²) in [6.07, 6.45) is 5.36. The largest absolute Gasteiger partial charge is 0.495 e. The Morgan fingerprint density at radius 3 is 2.84 bits per heavy atom. The maximum Gasteiger partial charge on any atom is 0.349 e. The van der Waals surface area contributed by atoms with E-state index in [4.69, 9.17) is 9.15 Å². The van der Waals surface area contributed by atoms with Gasteiger partial charge in [0.25, 0.3) is 5.91 Å². The third-order valence-corrected chi connectivity index (χ3v) is 4.86. The van der Waals surface area contributed by atoms with E-state index in [-0.39, 0.29) is 5.56 Å². The maximum atomic E-state index is 12.9. The minimum Gasteiger partial charge on any atom is -0.495 e. The third kappa shape index (κ3) is 3.40. The second kappa shape index (κ2) is 7.42. The Balaban J connectivity index is 1.52. The van der Waals surface area contributed by atoms with Crippen LogP contribution < -0.4 is 15.7 Å². The van der Waals surface area contributed by atoms with Crippen molar-refractivity contribution in [3.05, 3.63) is 89.2 Å². The molecule has 0 unspecified atom stereocenters. The Labute approximate surface area is 175 Å². The number of carbonyl (C=O) groups excluding carboxylic acids is 1. The van der Waals surface area contributed by atoms with Crippen molar-refractivity contribution in [2.75, 3.05) is 12.4 Å². The number of rotatable bonds is 4. The molecule has 0 saturated heterocycles. The van der Waals surface area contributed by atoms with Crippen molar-refractivity contribution < 1.29 is 13.9 Å². The maximum absolute atomic E-state index is 12.9. The van der Waals surface area contributed by atoms with E-state index >= 15 is 0 Å². The number of anilines is 1. The molecule has 0 fully saturated rings. The summed E-state index contributed by atoms with van der Waals surface area (Å²) in [4.78, 5) is 33.9. The van der Waals surface area contributed by atoms with E-state index in [0.717, 1.165) is 5.56 Å². The van der Waals surface area contributed by atoms with Gasteiger partial charge in [0.15, 0.2) is 0 Å². The van der Waals surface area contributed by atoms with E-state index < -0.39 is 11.5 Å². The van der Waals surface area contributed by atoms with Gasteiger partial charge >= 0.3 is 5.63 Å². The number of fused-ring (bicyclic) bond motifs is 2. The van der Waals surface area contributed by atoms with Crippen LogP contribution in [0, 0.1) is 0 Å². The Morgan fingerprint density at radius 2 is 2.00 bits per heavy atom. The Morgan fingerprint density at radius 1 is 1.13 bits per heavy atom. The van der Waals surface area contributed by atoms with Crippen LogP contribution in [0.25, 0.3) is 28.0 Å². The molecule has 0 aliphatic carbocycles. The van der Waals surface area contributed by atoms with Crippen LogP contribution in [0.5, 0.6) is 5.75 Å². The summed E-state index contributed by atoms with van der Waals surface area (Å²) in [7, 11) is 1.50. The lowest BCUT2D eigenvalue weighted by Gasteiger charge is -2.11. The first-order valence-corrected chi connectivity index (χ1v) is 9.45. The smallest absolute Gasteiger partial charge is 0.349 e. The molecule has 31 heavy (non-hydrogen) atoms. The number of imidazole rings is 1. The number of hydrogen-bond donors (Lipinski definition) is 1. The molecule has 5 rings (SSSR count). The minimum atomic E-state index is -0.710. The molecule has 2 aromatic carbocycles. The lowest BCUT2D eigenvalue weighted by Crippen LogP contribution is -2.21. The molecule has 0 radical (unpaired) electrons. The number of nitrogens with one attached hydrogen (secondary N) is 1. The van der Waals surface area contributed by atoms with Crippen LogP contribution in [-0.2, 0) is 0 Å². The second-order valence-electron chi connectivity index (χ2n) is 6.81. The number of nitrogens with zero attached hydrogens (tertiary/aromatic N) is 3. The molecule has 0 saturated carbocycles. The van der Waals surface area contributed by atoms with Crippen LogP contribution in [0.15, 0.2) is 82.4 Å². The molecule has 8 nitrogen and oxygen atoms in total. The van der Waals surface area contributed by atoms with E-state index in [2.05, 4.69) is 15.3 Å². The van der Waals surface area contributed by atoms with Crippen LogP contribution in [0.2, 0.25) is 0 Å². The van der Waals surface area contributed by atoms with Crippen molar-refractivity contribution >= 4 is 28.3 Å². The number of aromatic nitrogens is 3. The van der Waals surface area contributed by atoms with E-state index in [1.807, 2.05) is 24.5 Å². The summed E-state index contributed by atoms with van der Waals surface area (Å²) in [5.74, 6) is 0.420. The van der Waals surface area contributed by atoms with Crippen molar-refractivity contribution in [3.8, 4) is 17.0 Å². The second-order valence-corrected chi connectivity index (χ2v) is 6.81. The molecule has 0 atom stereocenters. The highest BCUT2D eigenvalue weighted by molar-refractivity contribution is 6.06. The summed E-state index contributed by atoms with van der Waals surface area (Å²) in [6, 6.07) is 15.6. The van der Waals surface area contributed by atoms with Gasteiger partial charge in [-0.3, -0.25) is 9.20 Å². The molecule has 152 valence electrons. The topological polar surface area (TPSA) is 98.7 Å². The molecular formula is C23H16N4O4. The monoisotopic (exact) mass is 412 g/mol. The van der Waals surface area contributed by atoms with Crippen molar-refractivity contribution in [1.29, 1.82) is 0 Å². The molecule has 0 spiro atoms. The van der Waals surface area contributed by atoms with Gasteiger partial charge in [0.1, 0.15) is 16.9 Å². The predicted octanol–water partition coefficient (Wildman–Crippen LogP) is 3.76. The Bertz CT molecular complexity index is 1470. The molecule has 1 amide bonds. The zero-order valence-corrected chi connectivity index (χ0v) is 16.4. The molecule has 1 N–H and O–H groups in total. The first-order valence-electron chi connectivity index (χ1n) is 9.45. The van der Waals surface area contributed by atoms with E-state index in [9.17, 15) is 9.59 Å². The summed E-state index contributed by atoms with van der Waals surface area (Å²) in [5, 5.41) is 3.41. The zero-order chi connectivity index (χ0) is 21.4. The van der Waals surface area contributed by atoms with Crippen LogP contribution in [-0.4, -0.2) is 27.4 Å². The van der Waals surface area contributed by atoms with Crippen molar-refractivity contribution in [2.45, 2.75) is 0 Å². The van der Waals surface area contributed by atoms with Gasteiger partial charge in [0, 0.05) is 29.5 Å². The molecule has 3 heterocycles. The summed E-state index contributed by atoms with van der Waals surface area (Å²) < 4.78 is 12.4. The quantitative estimate of drug-likeness (QED) is 0.451. The number of hydrogen-bond acceptors (Lipinski definition) is 6. The van der Waals surface area contributed by atoms with Crippen LogP contribution in [0.1, 0.15) is 10.4 Å². The highest BCUT2D eigenvalue weighted by atomic mass is 16.5. The summed E-state index contributed by atoms with van der Waals surface area (Å²) in [5.41, 5.74) is 1.46. The average Bonchev–Trinajstić information content (AvgIpc) is 3.23. The van der Waals surface area contributed by atoms with Crippen LogP contribution in [0.3, 0.4) is 0 Å². The highest BCUT2D eigenvalue weighted by Gasteiger charge is 2.17. The molecule has 3 aromatic heterocycles. The van der Waals surface area contributed by atoms with E-state index in [1.165, 1.54) is 13.2 Å². The fraction of sp³-hybridized carbons (Fsp3) is 0.0435. The van der Waals surface area contributed by atoms with Crippen molar-refractivity contribution in [1.82, 2.24) is 14.4 Å². The van der Waals surface area contributed by atoms with Gasteiger partial charge in [0.05, 0.1) is 18.5 Å². The SMILES string of the molecule is COc1ccc(-c2cn3cccnc3n2)cc1NC(=O)c1cc2ccccc2oc1=O. The number of carbonyl (C=O) groups is 1. The van der Waals surface area contributed by atoms with Gasteiger partial charge in [-0.2, -0.15) is 0 Å². The van der Waals surface area contributed by atoms with Gasteiger partial charge in [0.2, 0.25) is 5.78 Å². The van der Waals surface area contributed by atoms with Gasteiger partial charge in [-0.1, -0.05) is 18.2 Å². The van der Waals surface area contributed by atoms with Crippen molar-refractivity contribution in [3.63, 3.8) is 0 Å². The van der Waals surface area contributed by atoms with Gasteiger partial charge in [-0.05, 0) is 36.4 Å². The standard InChI is InChI=1S/C23H16N4O4/c1-30-20-8-7-14(18-13-27-10-4-9-24-23(27)26-18)12-17(20)25-21(28)16-11-15-5-2-3-6-19(15)31-22(16)29/h2-13H,1H3,(H,25,28). The molecular weight excluding hydrogens is 396 g/mol. The number of benzene rings is 2. The van der Waals surface area contributed by atoms with E-state index in [0.29, 0.717) is 33.9 Å².